The van der Waals surface area contributed by atoms with Crippen LogP contribution < -0.4 is 21.9 Å². The highest BCUT2D eigenvalue weighted by atomic mass is 32.2. The molecule has 4 amide bonds. The molecular weight excluding hydrogens is 360 g/mol. The maximum Gasteiger partial charge on any atom is 0.312 e. The number of carbonyl (C=O) groups is 3. The molecule has 0 aliphatic heterocycles. The Hall–Kier alpha value is -1.74. The van der Waals surface area contributed by atoms with Crippen LogP contribution in [-0.2, 0) is 17.6 Å². The number of urea groups is 1. The zero-order valence-electron chi connectivity index (χ0n) is 14.4. The molecule has 0 radical (unpaired) electrons. The van der Waals surface area contributed by atoms with E-state index in [1.807, 2.05) is 12.3 Å². The average molecular weight is 385 g/mol. The standard InChI is InChI=1S/C16H24N4O3S2/c1-9-3-4-12-10(7-9)8-13(25-12)15(22)20-19-14(21)11(5-6-24-2)18-16(17)23/h8-9,11H,3-7H2,1-2H3,(H,19,21)(H,20,22)(H3,17,18,23)/t9-,11+/m0/s1. The van der Waals surface area contributed by atoms with Gasteiger partial charge in [0.05, 0.1) is 4.88 Å². The Morgan fingerprint density at radius 3 is 2.84 bits per heavy atom. The normalized spacial score (nSPS) is 17.3. The van der Waals surface area contributed by atoms with Gasteiger partial charge < -0.3 is 11.1 Å². The lowest BCUT2D eigenvalue weighted by molar-refractivity contribution is -0.123. The molecule has 1 aromatic rings. The number of hydrogen-bond donors (Lipinski definition) is 4. The lowest BCUT2D eigenvalue weighted by Gasteiger charge is -2.16. The van der Waals surface area contributed by atoms with Crippen molar-refractivity contribution in [3.8, 4) is 0 Å². The molecule has 25 heavy (non-hydrogen) atoms. The Bertz CT molecular complexity index is 647. The number of aryl methyl sites for hydroxylation is 1. The molecule has 0 unspecified atom stereocenters. The minimum atomic E-state index is -0.775. The second-order valence-corrected chi connectivity index (χ2v) is 8.32. The fourth-order valence-corrected chi connectivity index (χ4v) is 4.34. The van der Waals surface area contributed by atoms with E-state index in [2.05, 4.69) is 23.1 Å². The number of thiophene rings is 1. The number of primary amides is 1. The monoisotopic (exact) mass is 384 g/mol. The predicted molar refractivity (Wildman–Crippen MR) is 101 cm³/mol. The molecule has 1 aliphatic rings. The van der Waals surface area contributed by atoms with Gasteiger partial charge in [0, 0.05) is 4.88 Å². The first-order valence-electron chi connectivity index (χ1n) is 8.17. The van der Waals surface area contributed by atoms with Crippen molar-refractivity contribution in [2.75, 3.05) is 12.0 Å². The lowest BCUT2D eigenvalue weighted by Crippen LogP contribution is -2.53. The van der Waals surface area contributed by atoms with E-state index in [4.69, 9.17) is 5.73 Å². The third-order valence-corrected chi connectivity index (χ3v) is 5.98. The summed E-state index contributed by atoms with van der Waals surface area (Å²) in [6.45, 7) is 2.21. The number of amides is 4. The Morgan fingerprint density at radius 2 is 2.16 bits per heavy atom. The topological polar surface area (TPSA) is 113 Å². The van der Waals surface area contributed by atoms with Gasteiger partial charge in [0.15, 0.2) is 0 Å². The second kappa shape index (κ2) is 9.10. The van der Waals surface area contributed by atoms with Crippen LogP contribution in [0.5, 0.6) is 0 Å². The van der Waals surface area contributed by atoms with Gasteiger partial charge >= 0.3 is 6.03 Å². The maximum absolute atomic E-state index is 12.3. The minimum Gasteiger partial charge on any atom is -0.352 e. The van der Waals surface area contributed by atoms with Crippen LogP contribution in [0.25, 0.3) is 0 Å². The van der Waals surface area contributed by atoms with Crippen LogP contribution in [0.3, 0.4) is 0 Å². The van der Waals surface area contributed by atoms with Gasteiger partial charge in [0.1, 0.15) is 6.04 Å². The summed E-state index contributed by atoms with van der Waals surface area (Å²) in [6.07, 6.45) is 5.46. The Balaban J connectivity index is 1.91. The van der Waals surface area contributed by atoms with E-state index in [1.54, 1.807) is 11.8 Å². The molecule has 138 valence electrons. The molecule has 0 saturated carbocycles. The highest BCUT2D eigenvalue weighted by molar-refractivity contribution is 7.98. The molecule has 0 aromatic carbocycles. The number of hydrogen-bond acceptors (Lipinski definition) is 5. The molecular formula is C16H24N4O3S2. The number of fused-ring (bicyclic) bond motifs is 1. The van der Waals surface area contributed by atoms with E-state index in [-0.39, 0.29) is 5.91 Å². The van der Waals surface area contributed by atoms with Gasteiger partial charge in [-0.1, -0.05) is 6.92 Å². The second-order valence-electron chi connectivity index (χ2n) is 6.19. The van der Waals surface area contributed by atoms with Crippen LogP contribution in [0.15, 0.2) is 6.07 Å². The van der Waals surface area contributed by atoms with Crippen molar-refractivity contribution in [1.82, 2.24) is 16.2 Å². The minimum absolute atomic E-state index is 0.344. The summed E-state index contributed by atoms with van der Waals surface area (Å²) in [7, 11) is 0. The quantitative estimate of drug-likeness (QED) is 0.556. The van der Waals surface area contributed by atoms with Crippen molar-refractivity contribution in [1.29, 1.82) is 0 Å². The molecule has 9 heteroatoms. The summed E-state index contributed by atoms with van der Waals surface area (Å²) in [5.74, 6) is 0.483. The third kappa shape index (κ3) is 5.64. The molecule has 0 fully saturated rings. The molecule has 1 heterocycles. The van der Waals surface area contributed by atoms with Crippen LogP contribution in [-0.4, -0.2) is 35.9 Å². The average Bonchev–Trinajstić information content (AvgIpc) is 2.98. The van der Waals surface area contributed by atoms with E-state index in [1.165, 1.54) is 21.8 Å². The van der Waals surface area contributed by atoms with Gasteiger partial charge in [-0.25, -0.2) is 4.79 Å². The number of carbonyl (C=O) groups excluding carboxylic acids is 3. The fraction of sp³-hybridized carbons (Fsp3) is 0.562. The number of hydrazine groups is 1. The smallest absolute Gasteiger partial charge is 0.312 e. The highest BCUT2D eigenvalue weighted by Gasteiger charge is 2.23. The molecule has 2 atom stereocenters. The van der Waals surface area contributed by atoms with Crippen LogP contribution in [0.4, 0.5) is 4.79 Å². The Morgan fingerprint density at radius 1 is 1.40 bits per heavy atom. The lowest BCUT2D eigenvalue weighted by atomic mass is 9.90. The summed E-state index contributed by atoms with van der Waals surface area (Å²) >= 11 is 3.03. The molecule has 0 bridgehead atoms. The van der Waals surface area contributed by atoms with Crippen LogP contribution in [0.2, 0.25) is 0 Å². The predicted octanol–water partition coefficient (Wildman–Crippen LogP) is 1.42. The molecule has 0 spiro atoms. The molecule has 1 aromatic heterocycles. The first-order valence-corrected chi connectivity index (χ1v) is 10.4. The van der Waals surface area contributed by atoms with Crippen LogP contribution in [0.1, 0.15) is 39.9 Å². The van der Waals surface area contributed by atoms with E-state index < -0.39 is 18.0 Å². The summed E-state index contributed by atoms with van der Waals surface area (Å²) in [5.41, 5.74) is 11.1. The molecule has 5 N–H and O–H groups in total. The van der Waals surface area contributed by atoms with Gasteiger partial charge in [-0.3, -0.25) is 20.4 Å². The number of thioether (sulfide) groups is 1. The van der Waals surface area contributed by atoms with Crippen molar-refractivity contribution in [2.24, 2.45) is 11.7 Å². The van der Waals surface area contributed by atoms with E-state index in [0.29, 0.717) is 23.0 Å². The van der Waals surface area contributed by atoms with Crippen molar-refractivity contribution in [3.05, 3.63) is 21.4 Å². The van der Waals surface area contributed by atoms with Crippen molar-refractivity contribution < 1.29 is 14.4 Å². The highest BCUT2D eigenvalue weighted by Crippen LogP contribution is 2.32. The number of rotatable bonds is 6. The number of nitrogens with two attached hydrogens (primary N) is 1. The van der Waals surface area contributed by atoms with Gasteiger partial charge in [-0.15, -0.1) is 11.3 Å². The van der Waals surface area contributed by atoms with E-state index in [0.717, 1.165) is 19.3 Å². The zero-order valence-corrected chi connectivity index (χ0v) is 16.0. The van der Waals surface area contributed by atoms with Crippen LogP contribution >= 0.6 is 23.1 Å². The summed E-state index contributed by atoms with van der Waals surface area (Å²) in [6, 6.07) is 0.361. The van der Waals surface area contributed by atoms with Crippen molar-refractivity contribution in [3.63, 3.8) is 0 Å². The van der Waals surface area contributed by atoms with E-state index in [9.17, 15) is 14.4 Å². The van der Waals surface area contributed by atoms with E-state index >= 15 is 0 Å². The molecule has 1 aliphatic carbocycles. The van der Waals surface area contributed by atoms with Crippen molar-refractivity contribution in [2.45, 2.75) is 38.6 Å². The first kappa shape index (κ1) is 19.6. The molecule has 0 saturated heterocycles. The third-order valence-electron chi connectivity index (χ3n) is 4.10. The van der Waals surface area contributed by atoms with Crippen molar-refractivity contribution >= 4 is 40.9 Å². The first-order chi connectivity index (χ1) is 11.9. The summed E-state index contributed by atoms with van der Waals surface area (Å²) in [4.78, 5) is 37.3. The Labute approximate surface area is 155 Å². The van der Waals surface area contributed by atoms with Crippen LogP contribution in [0, 0.1) is 5.92 Å². The summed E-state index contributed by atoms with van der Waals surface area (Å²) < 4.78 is 0. The SMILES string of the molecule is CSCC[C@@H](NC(N)=O)C(=O)NNC(=O)c1cc2c(s1)CC[C@H](C)C2. The van der Waals surface area contributed by atoms with Gasteiger partial charge in [0.2, 0.25) is 0 Å². The maximum atomic E-state index is 12.3. The molecule has 7 nitrogen and oxygen atoms in total. The number of nitrogens with one attached hydrogen (secondary N) is 3. The van der Waals surface area contributed by atoms with Gasteiger partial charge in [-0.05, 0) is 55.2 Å². The van der Waals surface area contributed by atoms with Gasteiger partial charge in [-0.2, -0.15) is 11.8 Å². The fourth-order valence-electron chi connectivity index (χ4n) is 2.76. The molecule has 2 rings (SSSR count). The zero-order chi connectivity index (χ0) is 18.4. The van der Waals surface area contributed by atoms with Gasteiger partial charge in [0.25, 0.3) is 11.8 Å². The summed E-state index contributed by atoms with van der Waals surface area (Å²) in [5, 5.41) is 2.39. The largest absolute Gasteiger partial charge is 0.352 e. The Kier molecular flexibility index (Phi) is 7.12.